The number of nitriles is 1. The van der Waals surface area contributed by atoms with E-state index in [0.717, 1.165) is 18.8 Å². The minimum absolute atomic E-state index is 0.470. The molecule has 4 nitrogen and oxygen atoms in total. The van der Waals surface area contributed by atoms with Crippen molar-refractivity contribution >= 4 is 17.0 Å². The quantitative estimate of drug-likeness (QED) is 0.842. The largest absolute Gasteiger partial charge is 0.370 e. The molecule has 96 valence electrons. The fourth-order valence-corrected chi connectivity index (χ4v) is 3.26. The van der Waals surface area contributed by atoms with Crippen molar-refractivity contribution in [2.75, 3.05) is 18.0 Å². The van der Waals surface area contributed by atoms with Crippen molar-refractivity contribution in [1.82, 2.24) is 9.97 Å². The molecule has 0 N–H and O–H groups in total. The third kappa shape index (κ3) is 2.59. The van der Waals surface area contributed by atoms with E-state index in [1.165, 1.54) is 17.8 Å². The van der Waals surface area contributed by atoms with E-state index in [1.807, 2.05) is 17.6 Å². The lowest BCUT2D eigenvalue weighted by molar-refractivity contribution is 0.508. The molecule has 2 aromatic rings. The molecule has 0 aliphatic carbocycles. The van der Waals surface area contributed by atoms with E-state index < -0.39 is 0 Å². The number of thiazole rings is 1. The Labute approximate surface area is 116 Å². The number of hydrogen-bond acceptors (Lipinski definition) is 5. The van der Waals surface area contributed by atoms with E-state index in [2.05, 4.69) is 20.9 Å². The number of hydrogen-bond donors (Lipinski definition) is 0. The molecule has 1 saturated heterocycles. The average Bonchev–Trinajstić information content (AvgIpc) is 3.02. The molecule has 0 unspecified atom stereocenters. The molecular formula is C14H14N4S. The van der Waals surface area contributed by atoms with Crippen molar-refractivity contribution in [2.45, 2.75) is 18.8 Å². The SMILES string of the molecule is N#Cc1ccc(N2CCC[C@@H](c3nccs3)C2)cn1. The highest BCUT2D eigenvalue weighted by Crippen LogP contribution is 2.30. The molecule has 3 heterocycles. The van der Waals surface area contributed by atoms with Crippen molar-refractivity contribution in [2.24, 2.45) is 0 Å². The van der Waals surface area contributed by atoms with Gasteiger partial charge in [0.15, 0.2) is 0 Å². The summed E-state index contributed by atoms with van der Waals surface area (Å²) in [6.45, 7) is 2.04. The van der Waals surface area contributed by atoms with Crippen molar-refractivity contribution < 1.29 is 0 Å². The highest BCUT2D eigenvalue weighted by atomic mass is 32.1. The molecule has 0 radical (unpaired) electrons. The third-order valence-corrected chi connectivity index (χ3v) is 4.39. The number of pyridine rings is 1. The van der Waals surface area contributed by atoms with Gasteiger partial charge >= 0.3 is 0 Å². The Hall–Kier alpha value is -1.93. The van der Waals surface area contributed by atoms with E-state index in [4.69, 9.17) is 5.26 Å². The zero-order valence-electron chi connectivity index (χ0n) is 10.5. The Morgan fingerprint density at radius 1 is 1.37 bits per heavy atom. The second-order valence-electron chi connectivity index (χ2n) is 4.67. The van der Waals surface area contributed by atoms with Crippen molar-refractivity contribution in [3.8, 4) is 6.07 Å². The molecule has 1 atom stereocenters. The minimum atomic E-state index is 0.470. The molecule has 2 aromatic heterocycles. The lowest BCUT2D eigenvalue weighted by Gasteiger charge is -2.33. The van der Waals surface area contributed by atoms with E-state index in [-0.39, 0.29) is 0 Å². The van der Waals surface area contributed by atoms with Gasteiger partial charge in [-0.05, 0) is 25.0 Å². The van der Waals surface area contributed by atoms with Crippen LogP contribution in [0.15, 0.2) is 29.9 Å². The van der Waals surface area contributed by atoms with Crippen LogP contribution in [-0.4, -0.2) is 23.1 Å². The van der Waals surface area contributed by atoms with Crippen LogP contribution in [0.5, 0.6) is 0 Å². The second kappa shape index (κ2) is 5.37. The summed E-state index contributed by atoms with van der Waals surface area (Å²) >= 11 is 1.74. The Morgan fingerprint density at radius 2 is 2.32 bits per heavy atom. The van der Waals surface area contributed by atoms with Gasteiger partial charge in [0.25, 0.3) is 0 Å². The van der Waals surface area contributed by atoms with E-state index in [9.17, 15) is 0 Å². The molecular weight excluding hydrogens is 256 g/mol. The van der Waals surface area contributed by atoms with Crippen LogP contribution < -0.4 is 4.90 Å². The van der Waals surface area contributed by atoms with E-state index in [0.29, 0.717) is 11.6 Å². The number of nitrogens with zero attached hydrogens (tertiary/aromatic N) is 4. The van der Waals surface area contributed by atoms with Crippen LogP contribution in [-0.2, 0) is 0 Å². The minimum Gasteiger partial charge on any atom is -0.370 e. The lowest BCUT2D eigenvalue weighted by Crippen LogP contribution is -2.34. The van der Waals surface area contributed by atoms with Gasteiger partial charge in [-0.15, -0.1) is 11.3 Å². The molecule has 0 amide bonds. The fraction of sp³-hybridized carbons (Fsp3) is 0.357. The Morgan fingerprint density at radius 3 is 3.00 bits per heavy atom. The van der Waals surface area contributed by atoms with Crippen LogP contribution >= 0.6 is 11.3 Å². The van der Waals surface area contributed by atoms with Crippen LogP contribution in [0, 0.1) is 11.3 Å². The maximum Gasteiger partial charge on any atom is 0.140 e. The van der Waals surface area contributed by atoms with E-state index in [1.54, 1.807) is 23.6 Å². The van der Waals surface area contributed by atoms with Crippen LogP contribution in [0.1, 0.15) is 29.5 Å². The predicted molar refractivity (Wildman–Crippen MR) is 75.3 cm³/mol. The van der Waals surface area contributed by atoms with Gasteiger partial charge in [0.05, 0.1) is 16.9 Å². The Kier molecular flexibility index (Phi) is 3.43. The first kappa shape index (κ1) is 12.1. The Bertz CT molecular complexity index is 570. The second-order valence-corrected chi connectivity index (χ2v) is 5.60. The molecule has 1 aliphatic heterocycles. The Balaban J connectivity index is 1.76. The molecule has 0 bridgehead atoms. The van der Waals surface area contributed by atoms with Gasteiger partial charge in [-0.25, -0.2) is 9.97 Å². The zero-order valence-corrected chi connectivity index (χ0v) is 11.3. The summed E-state index contributed by atoms with van der Waals surface area (Å²) in [7, 11) is 0. The summed E-state index contributed by atoms with van der Waals surface area (Å²) < 4.78 is 0. The van der Waals surface area contributed by atoms with Gasteiger partial charge in [0, 0.05) is 30.6 Å². The topological polar surface area (TPSA) is 52.8 Å². The van der Waals surface area contributed by atoms with Crippen molar-refractivity contribution in [3.63, 3.8) is 0 Å². The lowest BCUT2D eigenvalue weighted by atomic mass is 9.98. The summed E-state index contributed by atoms with van der Waals surface area (Å²) in [6.07, 6.45) is 6.04. The van der Waals surface area contributed by atoms with Gasteiger partial charge < -0.3 is 4.90 Å². The standard InChI is InChI=1S/C14H14N4S/c15-8-12-3-4-13(9-17-12)18-6-1-2-11(10-18)14-16-5-7-19-14/h3-5,7,9,11H,1-2,6,10H2/t11-/m1/s1. The van der Waals surface area contributed by atoms with Gasteiger partial charge in [-0.1, -0.05) is 0 Å². The maximum absolute atomic E-state index is 8.77. The first-order valence-corrected chi connectivity index (χ1v) is 7.25. The van der Waals surface area contributed by atoms with Crippen molar-refractivity contribution in [3.05, 3.63) is 40.6 Å². The molecule has 3 rings (SSSR count). The highest BCUT2D eigenvalue weighted by Gasteiger charge is 2.23. The summed E-state index contributed by atoms with van der Waals surface area (Å²) in [4.78, 5) is 10.9. The van der Waals surface area contributed by atoms with Crippen LogP contribution in [0.2, 0.25) is 0 Å². The highest BCUT2D eigenvalue weighted by molar-refractivity contribution is 7.09. The summed E-state index contributed by atoms with van der Waals surface area (Å²) in [5, 5.41) is 12.0. The molecule has 0 spiro atoms. The molecule has 19 heavy (non-hydrogen) atoms. The van der Waals surface area contributed by atoms with Gasteiger partial charge in [0.1, 0.15) is 11.8 Å². The molecule has 0 saturated carbocycles. The monoisotopic (exact) mass is 270 g/mol. The normalized spacial score (nSPS) is 19.1. The van der Waals surface area contributed by atoms with Crippen LogP contribution in [0.3, 0.4) is 0 Å². The number of piperidine rings is 1. The van der Waals surface area contributed by atoms with Crippen molar-refractivity contribution in [1.29, 1.82) is 5.26 Å². The number of rotatable bonds is 2. The van der Waals surface area contributed by atoms with Crippen LogP contribution in [0.4, 0.5) is 5.69 Å². The fourth-order valence-electron chi connectivity index (χ4n) is 2.49. The number of aromatic nitrogens is 2. The predicted octanol–water partition coefficient (Wildman–Crippen LogP) is 2.79. The molecule has 1 fully saturated rings. The van der Waals surface area contributed by atoms with Gasteiger partial charge in [-0.2, -0.15) is 5.26 Å². The first-order chi connectivity index (χ1) is 9.36. The number of anilines is 1. The summed E-state index contributed by atoms with van der Waals surface area (Å²) in [5.74, 6) is 0.518. The van der Waals surface area contributed by atoms with Crippen LogP contribution in [0.25, 0.3) is 0 Å². The molecule has 1 aliphatic rings. The molecule has 0 aromatic carbocycles. The van der Waals surface area contributed by atoms with Gasteiger partial charge in [-0.3, -0.25) is 0 Å². The maximum atomic E-state index is 8.77. The summed E-state index contributed by atoms with van der Waals surface area (Å²) in [6, 6.07) is 5.81. The average molecular weight is 270 g/mol. The zero-order chi connectivity index (χ0) is 13.1. The summed E-state index contributed by atoms with van der Waals surface area (Å²) in [5.41, 5.74) is 1.57. The third-order valence-electron chi connectivity index (χ3n) is 3.45. The van der Waals surface area contributed by atoms with E-state index >= 15 is 0 Å². The smallest absolute Gasteiger partial charge is 0.140 e. The molecule has 5 heteroatoms. The first-order valence-electron chi connectivity index (χ1n) is 6.37. The van der Waals surface area contributed by atoms with Gasteiger partial charge in [0.2, 0.25) is 0 Å².